The molecule has 5 nitrogen and oxygen atoms in total. The largest absolute Gasteiger partial charge is 0.461 e. The van der Waals surface area contributed by atoms with Crippen molar-refractivity contribution in [3.63, 3.8) is 0 Å². The van der Waals surface area contributed by atoms with Gasteiger partial charge in [-0.05, 0) is 42.0 Å². The second kappa shape index (κ2) is 7.90. The van der Waals surface area contributed by atoms with Crippen molar-refractivity contribution in [1.29, 1.82) is 0 Å². The Kier molecular flexibility index (Phi) is 5.40. The van der Waals surface area contributed by atoms with Gasteiger partial charge in [0.05, 0.1) is 6.42 Å². The first kappa shape index (κ1) is 17.1. The number of benzene rings is 2. The number of hydrogen-bond donors (Lipinski definition) is 0. The van der Waals surface area contributed by atoms with Crippen LogP contribution in [0.4, 0.5) is 4.39 Å². The summed E-state index contributed by atoms with van der Waals surface area (Å²) in [6, 6.07) is 12.9. The summed E-state index contributed by atoms with van der Waals surface area (Å²) in [7, 11) is 0. The van der Waals surface area contributed by atoms with E-state index >= 15 is 0 Å². The van der Waals surface area contributed by atoms with Gasteiger partial charge in [-0.1, -0.05) is 28.9 Å². The minimum absolute atomic E-state index is 0.117. The number of nitrogens with zero attached hydrogens (tertiary/aromatic N) is 2. The summed E-state index contributed by atoms with van der Waals surface area (Å²) in [5, 5.41) is 4.41. The molecule has 0 N–H and O–H groups in total. The van der Waals surface area contributed by atoms with Gasteiger partial charge in [0.1, 0.15) is 12.4 Å². The van der Waals surface area contributed by atoms with Crippen LogP contribution in [0.25, 0.3) is 11.4 Å². The van der Waals surface area contributed by atoms with Gasteiger partial charge in [0, 0.05) is 17.0 Å². The molecular weight excluding hydrogens is 347 g/mol. The maximum Gasteiger partial charge on any atom is 0.306 e. The maximum atomic E-state index is 12.9. The highest BCUT2D eigenvalue weighted by Gasteiger charge is 2.11. The fourth-order valence-corrected chi connectivity index (χ4v) is 2.36. The van der Waals surface area contributed by atoms with Gasteiger partial charge in [-0.3, -0.25) is 4.79 Å². The van der Waals surface area contributed by atoms with Gasteiger partial charge in [-0.2, -0.15) is 4.98 Å². The van der Waals surface area contributed by atoms with Gasteiger partial charge in [0.25, 0.3) is 0 Å². The van der Waals surface area contributed by atoms with Crippen molar-refractivity contribution in [2.45, 2.75) is 19.4 Å². The summed E-state index contributed by atoms with van der Waals surface area (Å²) in [5.74, 6) is -0.0437. The van der Waals surface area contributed by atoms with E-state index in [1.54, 1.807) is 30.3 Å². The second-order valence-corrected chi connectivity index (χ2v) is 5.75. The highest BCUT2D eigenvalue weighted by molar-refractivity contribution is 6.30. The van der Waals surface area contributed by atoms with E-state index < -0.39 is 0 Å². The summed E-state index contributed by atoms with van der Waals surface area (Å²) in [4.78, 5) is 16.0. The number of aryl methyl sites for hydroxylation is 1. The monoisotopic (exact) mass is 360 g/mol. The van der Waals surface area contributed by atoms with E-state index in [0.717, 1.165) is 5.56 Å². The summed E-state index contributed by atoms with van der Waals surface area (Å²) >= 11 is 5.87. The quantitative estimate of drug-likeness (QED) is 0.616. The number of halogens is 2. The molecule has 0 aliphatic carbocycles. The minimum Gasteiger partial charge on any atom is -0.461 e. The Morgan fingerprint density at radius 1 is 1.20 bits per heavy atom. The molecule has 0 aliphatic rings. The molecule has 2 aromatic carbocycles. The van der Waals surface area contributed by atoms with Gasteiger partial charge in [0.2, 0.25) is 11.7 Å². The van der Waals surface area contributed by atoms with E-state index in [2.05, 4.69) is 10.1 Å². The van der Waals surface area contributed by atoms with Crippen LogP contribution in [0, 0.1) is 5.82 Å². The number of ether oxygens (including phenoxy) is 1. The first-order valence-corrected chi connectivity index (χ1v) is 7.96. The lowest BCUT2D eigenvalue weighted by molar-refractivity contribution is -0.145. The molecule has 0 radical (unpaired) electrons. The predicted molar refractivity (Wildman–Crippen MR) is 89.3 cm³/mol. The molecule has 25 heavy (non-hydrogen) atoms. The third-order valence-electron chi connectivity index (χ3n) is 3.40. The Hall–Kier alpha value is -2.73. The predicted octanol–water partition coefficient (Wildman–Crippen LogP) is 4.21. The van der Waals surface area contributed by atoms with Crippen molar-refractivity contribution < 1.29 is 18.4 Å². The Labute approximate surface area is 148 Å². The number of rotatable bonds is 6. The maximum absolute atomic E-state index is 12.9. The van der Waals surface area contributed by atoms with Crippen molar-refractivity contribution >= 4 is 17.6 Å². The van der Waals surface area contributed by atoms with Gasteiger partial charge in [-0.25, -0.2) is 4.39 Å². The van der Waals surface area contributed by atoms with Crippen LogP contribution < -0.4 is 0 Å². The summed E-state index contributed by atoms with van der Waals surface area (Å²) in [6.45, 7) is 0.157. The van der Waals surface area contributed by atoms with Crippen LogP contribution in [-0.4, -0.2) is 16.1 Å². The third kappa shape index (κ3) is 4.87. The van der Waals surface area contributed by atoms with Crippen molar-refractivity contribution in [3.05, 3.63) is 70.8 Å². The van der Waals surface area contributed by atoms with E-state index in [9.17, 15) is 9.18 Å². The molecule has 3 rings (SSSR count). The molecule has 0 spiro atoms. The molecule has 0 saturated heterocycles. The molecule has 0 amide bonds. The molecule has 0 atom stereocenters. The van der Waals surface area contributed by atoms with Crippen molar-refractivity contribution in [2.75, 3.05) is 0 Å². The van der Waals surface area contributed by atoms with Crippen molar-refractivity contribution in [2.24, 2.45) is 0 Å². The normalized spacial score (nSPS) is 10.6. The second-order valence-electron chi connectivity index (χ2n) is 5.31. The van der Waals surface area contributed by atoms with Crippen molar-refractivity contribution in [1.82, 2.24) is 10.1 Å². The highest BCUT2D eigenvalue weighted by Crippen LogP contribution is 2.17. The van der Waals surface area contributed by atoms with E-state index in [1.807, 2.05) is 6.07 Å². The van der Waals surface area contributed by atoms with Gasteiger partial charge >= 0.3 is 5.97 Å². The lowest BCUT2D eigenvalue weighted by Crippen LogP contribution is -2.06. The fraction of sp³-hybridized carbons (Fsp3) is 0.167. The van der Waals surface area contributed by atoms with Crippen LogP contribution in [0.1, 0.15) is 17.9 Å². The van der Waals surface area contributed by atoms with Gasteiger partial charge in [-0.15, -0.1) is 0 Å². The van der Waals surface area contributed by atoms with Crippen LogP contribution in [0.15, 0.2) is 53.1 Å². The zero-order valence-electron chi connectivity index (χ0n) is 13.1. The lowest BCUT2D eigenvalue weighted by atomic mass is 10.2. The van der Waals surface area contributed by atoms with Crippen LogP contribution in [-0.2, 0) is 22.6 Å². The first-order chi connectivity index (χ1) is 12.1. The van der Waals surface area contributed by atoms with Crippen LogP contribution in [0.3, 0.4) is 0 Å². The lowest BCUT2D eigenvalue weighted by Gasteiger charge is -2.04. The Morgan fingerprint density at radius 3 is 2.76 bits per heavy atom. The molecular formula is C18H14ClFN2O3. The smallest absolute Gasteiger partial charge is 0.306 e. The third-order valence-corrected chi connectivity index (χ3v) is 3.64. The summed E-state index contributed by atoms with van der Waals surface area (Å²) in [6.07, 6.45) is 0.383. The van der Waals surface area contributed by atoms with Crippen LogP contribution >= 0.6 is 11.6 Å². The standard InChI is InChI=1S/C18H14ClFN2O3/c19-14-3-1-2-12(10-14)11-24-17(23)9-8-16-21-18(22-25-16)13-4-6-15(20)7-5-13/h1-7,10H,8-9,11H2. The van der Waals surface area contributed by atoms with E-state index in [4.69, 9.17) is 20.9 Å². The molecule has 0 fully saturated rings. The minimum atomic E-state index is -0.374. The molecule has 1 heterocycles. The van der Waals surface area contributed by atoms with Crippen molar-refractivity contribution in [3.8, 4) is 11.4 Å². The Bertz CT molecular complexity index is 865. The SMILES string of the molecule is O=C(CCc1nc(-c2ccc(F)cc2)no1)OCc1cccc(Cl)c1. The zero-order valence-corrected chi connectivity index (χ0v) is 13.9. The molecule has 1 aromatic heterocycles. The van der Waals surface area contributed by atoms with Gasteiger partial charge in [0.15, 0.2) is 0 Å². The molecule has 0 aliphatic heterocycles. The number of aromatic nitrogens is 2. The van der Waals surface area contributed by atoms with Gasteiger partial charge < -0.3 is 9.26 Å². The number of carbonyl (C=O) groups is 1. The number of carbonyl (C=O) groups excluding carboxylic acids is 1. The van der Waals surface area contributed by atoms with E-state index in [0.29, 0.717) is 22.3 Å². The molecule has 3 aromatic rings. The van der Waals surface area contributed by atoms with Crippen LogP contribution in [0.2, 0.25) is 5.02 Å². The molecule has 7 heteroatoms. The first-order valence-electron chi connectivity index (χ1n) is 7.59. The van der Waals surface area contributed by atoms with E-state index in [1.165, 1.54) is 12.1 Å². The average molecular weight is 361 g/mol. The number of esters is 1. The summed E-state index contributed by atoms with van der Waals surface area (Å²) < 4.78 is 23.2. The molecule has 0 bridgehead atoms. The highest BCUT2D eigenvalue weighted by atomic mass is 35.5. The summed E-state index contributed by atoms with van der Waals surface area (Å²) in [5.41, 5.74) is 1.46. The fourth-order valence-electron chi connectivity index (χ4n) is 2.14. The Balaban J connectivity index is 1.50. The zero-order chi connectivity index (χ0) is 17.6. The molecule has 0 saturated carbocycles. The van der Waals surface area contributed by atoms with Crippen LogP contribution in [0.5, 0.6) is 0 Å². The van der Waals surface area contributed by atoms with E-state index in [-0.39, 0.29) is 31.2 Å². The topological polar surface area (TPSA) is 65.2 Å². The molecule has 128 valence electrons. The molecule has 0 unspecified atom stereocenters. The number of hydrogen-bond acceptors (Lipinski definition) is 5. The average Bonchev–Trinajstić information content (AvgIpc) is 3.08. The Morgan fingerprint density at radius 2 is 2.00 bits per heavy atom.